The van der Waals surface area contributed by atoms with E-state index in [-0.39, 0.29) is 34.7 Å². The van der Waals surface area contributed by atoms with Gasteiger partial charge in [0.1, 0.15) is 0 Å². The van der Waals surface area contributed by atoms with E-state index in [2.05, 4.69) is 30.8 Å². The number of anilines is 1. The quantitative estimate of drug-likeness (QED) is 0.228. The van der Waals surface area contributed by atoms with Crippen LogP contribution in [0.1, 0.15) is 17.5 Å². The van der Waals surface area contributed by atoms with Gasteiger partial charge in [-0.15, -0.1) is 21.5 Å². The molecular formula is C17H18N6O3S4. The predicted octanol–water partition coefficient (Wildman–Crippen LogP) is 2.38. The lowest BCUT2D eigenvalue weighted by atomic mass is 10.3. The summed E-state index contributed by atoms with van der Waals surface area (Å²) < 4.78 is 0.788. The molecular weight excluding hydrogens is 464 g/mol. The lowest BCUT2D eigenvalue weighted by molar-refractivity contribution is -0.120. The molecule has 0 unspecified atom stereocenters. The minimum Gasteiger partial charge on any atom is -0.351 e. The Kier molecular flexibility index (Phi) is 8.42. The number of hydrogen-bond donors (Lipinski definition) is 3. The Labute approximate surface area is 188 Å². The molecule has 0 aliphatic carbocycles. The molecule has 2 amide bonds. The molecule has 158 valence electrons. The van der Waals surface area contributed by atoms with Crippen LogP contribution in [0.4, 0.5) is 5.13 Å². The Morgan fingerprint density at radius 2 is 2.10 bits per heavy atom. The summed E-state index contributed by atoms with van der Waals surface area (Å²) in [5.41, 5.74) is -0.0324. The van der Waals surface area contributed by atoms with Crippen LogP contribution in [0.25, 0.3) is 0 Å². The van der Waals surface area contributed by atoms with E-state index in [1.165, 1.54) is 17.4 Å². The summed E-state index contributed by atoms with van der Waals surface area (Å²) in [4.78, 5) is 44.0. The first-order valence-electron chi connectivity index (χ1n) is 8.80. The first-order chi connectivity index (χ1) is 14.5. The molecule has 0 fully saturated rings. The van der Waals surface area contributed by atoms with Crippen molar-refractivity contribution in [3.8, 4) is 0 Å². The number of carbonyl (C=O) groups excluding carboxylic acids is 2. The summed E-state index contributed by atoms with van der Waals surface area (Å²) in [6, 6.07) is 5.13. The van der Waals surface area contributed by atoms with Gasteiger partial charge in [0, 0.05) is 10.9 Å². The number of thioether (sulfide) groups is 2. The molecule has 3 rings (SSSR count). The molecule has 3 N–H and O–H groups in total. The van der Waals surface area contributed by atoms with Crippen LogP contribution in [0.15, 0.2) is 37.9 Å². The van der Waals surface area contributed by atoms with Crippen LogP contribution in [0.5, 0.6) is 0 Å². The van der Waals surface area contributed by atoms with Crippen LogP contribution in [0, 0.1) is 0 Å². The number of aromatic amines is 1. The van der Waals surface area contributed by atoms with Crippen molar-refractivity contribution in [2.75, 3.05) is 16.8 Å². The fourth-order valence-corrected chi connectivity index (χ4v) is 5.20. The molecule has 0 aliphatic rings. The highest BCUT2D eigenvalue weighted by Gasteiger charge is 2.12. The standard InChI is InChI=1S/C17H18N6O3S4/c1-2-27-17-23-22-16(30-17)21-14(26)9-29-15-19-10(7-13(25)20-15)6-12(24)18-8-11-4-3-5-28-11/h3-5,7H,2,6,8-9H2,1H3,(H,18,24)(H,19,20,25)(H,21,22,26). The first kappa shape index (κ1) is 22.5. The summed E-state index contributed by atoms with van der Waals surface area (Å²) in [5, 5.41) is 16.0. The van der Waals surface area contributed by atoms with E-state index < -0.39 is 0 Å². The van der Waals surface area contributed by atoms with Gasteiger partial charge in [0.25, 0.3) is 5.56 Å². The van der Waals surface area contributed by atoms with Gasteiger partial charge in [-0.2, -0.15) is 0 Å². The van der Waals surface area contributed by atoms with E-state index in [4.69, 9.17) is 0 Å². The van der Waals surface area contributed by atoms with Crippen LogP contribution in [0.2, 0.25) is 0 Å². The van der Waals surface area contributed by atoms with Gasteiger partial charge in [0.15, 0.2) is 9.50 Å². The van der Waals surface area contributed by atoms with E-state index in [1.54, 1.807) is 23.1 Å². The van der Waals surface area contributed by atoms with E-state index in [1.807, 2.05) is 24.4 Å². The largest absolute Gasteiger partial charge is 0.351 e. The molecule has 0 atom stereocenters. The topological polar surface area (TPSA) is 130 Å². The average Bonchev–Trinajstić information content (AvgIpc) is 3.37. The first-order valence-corrected chi connectivity index (χ1v) is 12.5. The summed E-state index contributed by atoms with van der Waals surface area (Å²) in [5.74, 6) is 0.394. The lowest BCUT2D eigenvalue weighted by Crippen LogP contribution is -2.25. The molecule has 3 aromatic heterocycles. The number of nitrogens with one attached hydrogen (secondary N) is 3. The van der Waals surface area contributed by atoms with E-state index in [0.29, 0.717) is 17.4 Å². The number of carbonyl (C=O) groups is 2. The summed E-state index contributed by atoms with van der Waals surface area (Å²) in [7, 11) is 0. The fourth-order valence-electron chi connectivity index (χ4n) is 2.20. The van der Waals surface area contributed by atoms with Gasteiger partial charge in [0.2, 0.25) is 16.9 Å². The number of nitrogens with zero attached hydrogens (tertiary/aromatic N) is 3. The van der Waals surface area contributed by atoms with Crippen LogP contribution in [-0.4, -0.2) is 43.5 Å². The van der Waals surface area contributed by atoms with Gasteiger partial charge in [-0.1, -0.05) is 47.9 Å². The van der Waals surface area contributed by atoms with Crippen LogP contribution >= 0.6 is 46.2 Å². The lowest BCUT2D eigenvalue weighted by Gasteiger charge is -2.05. The molecule has 0 saturated heterocycles. The fraction of sp³-hybridized carbons (Fsp3) is 0.294. The van der Waals surface area contributed by atoms with Crippen molar-refractivity contribution in [1.82, 2.24) is 25.5 Å². The zero-order valence-electron chi connectivity index (χ0n) is 15.8. The van der Waals surface area contributed by atoms with E-state index in [0.717, 1.165) is 26.7 Å². The predicted molar refractivity (Wildman–Crippen MR) is 120 cm³/mol. The van der Waals surface area contributed by atoms with Crippen molar-refractivity contribution in [2.45, 2.75) is 29.4 Å². The molecule has 3 heterocycles. The van der Waals surface area contributed by atoms with E-state index >= 15 is 0 Å². The van der Waals surface area contributed by atoms with Crippen LogP contribution in [0.3, 0.4) is 0 Å². The SMILES string of the molecule is CCSc1nnc(NC(=O)CSc2nc(CC(=O)NCc3cccs3)cc(=O)[nH]2)s1. The van der Waals surface area contributed by atoms with Gasteiger partial charge in [0.05, 0.1) is 24.4 Å². The maximum atomic E-state index is 12.1. The Hall–Kier alpha value is -2.22. The van der Waals surface area contributed by atoms with Gasteiger partial charge in [-0.05, 0) is 17.2 Å². The zero-order chi connectivity index (χ0) is 21.3. The third-order valence-electron chi connectivity index (χ3n) is 3.42. The molecule has 9 nitrogen and oxygen atoms in total. The van der Waals surface area contributed by atoms with Crippen molar-refractivity contribution < 1.29 is 9.59 Å². The number of amides is 2. The normalized spacial score (nSPS) is 10.7. The maximum absolute atomic E-state index is 12.1. The highest BCUT2D eigenvalue weighted by Crippen LogP contribution is 2.25. The van der Waals surface area contributed by atoms with Crippen LogP contribution < -0.4 is 16.2 Å². The Balaban J connectivity index is 1.50. The molecule has 0 spiro atoms. The van der Waals surface area contributed by atoms with Gasteiger partial charge >= 0.3 is 0 Å². The minimum atomic E-state index is -0.376. The van der Waals surface area contributed by atoms with Crippen molar-refractivity contribution in [1.29, 1.82) is 0 Å². The minimum absolute atomic E-state index is 0.0162. The highest BCUT2D eigenvalue weighted by molar-refractivity contribution is 8.01. The van der Waals surface area contributed by atoms with Crippen molar-refractivity contribution in [2.24, 2.45) is 0 Å². The zero-order valence-corrected chi connectivity index (χ0v) is 19.1. The average molecular weight is 483 g/mol. The Morgan fingerprint density at radius 1 is 1.23 bits per heavy atom. The molecule has 3 aromatic rings. The summed E-state index contributed by atoms with van der Waals surface area (Å²) in [6.45, 7) is 2.45. The second-order valence-corrected chi connectivity index (χ2v) is 10.2. The van der Waals surface area contributed by atoms with Gasteiger partial charge < -0.3 is 10.3 Å². The summed E-state index contributed by atoms with van der Waals surface area (Å²) >= 11 is 5.48. The van der Waals surface area contributed by atoms with E-state index in [9.17, 15) is 14.4 Å². The Bertz CT molecular complexity index is 1050. The summed E-state index contributed by atoms with van der Waals surface area (Å²) in [6.07, 6.45) is -0.0162. The molecule has 13 heteroatoms. The second-order valence-electron chi connectivity index (χ2n) is 5.72. The third kappa shape index (κ3) is 7.23. The van der Waals surface area contributed by atoms with Gasteiger partial charge in [-0.25, -0.2) is 4.98 Å². The molecule has 30 heavy (non-hydrogen) atoms. The number of H-pyrrole nitrogens is 1. The van der Waals surface area contributed by atoms with Crippen molar-refractivity contribution >= 4 is 63.1 Å². The van der Waals surface area contributed by atoms with Crippen LogP contribution in [-0.2, 0) is 22.6 Å². The van der Waals surface area contributed by atoms with Crippen molar-refractivity contribution in [3.05, 3.63) is 44.5 Å². The number of hydrogen-bond acceptors (Lipinski definition) is 10. The Morgan fingerprint density at radius 3 is 2.87 bits per heavy atom. The smallest absolute Gasteiger partial charge is 0.251 e. The highest BCUT2D eigenvalue weighted by atomic mass is 32.2. The molecule has 0 saturated carbocycles. The second kappa shape index (κ2) is 11.2. The van der Waals surface area contributed by atoms with Crippen molar-refractivity contribution in [3.63, 3.8) is 0 Å². The molecule has 0 aromatic carbocycles. The molecule has 0 bridgehead atoms. The molecule has 0 aliphatic heterocycles. The maximum Gasteiger partial charge on any atom is 0.251 e. The number of thiophene rings is 1. The monoisotopic (exact) mass is 482 g/mol. The third-order valence-corrected chi connectivity index (χ3v) is 7.02. The van der Waals surface area contributed by atoms with Gasteiger partial charge in [-0.3, -0.25) is 19.7 Å². The number of aromatic nitrogens is 4. The molecule has 0 radical (unpaired) electrons. The number of rotatable bonds is 10.